The van der Waals surface area contributed by atoms with E-state index in [0.717, 1.165) is 26.0 Å². The molecule has 0 radical (unpaired) electrons. The maximum atomic E-state index is 12.4. The summed E-state index contributed by atoms with van der Waals surface area (Å²) in [6, 6.07) is 9.22. The summed E-state index contributed by atoms with van der Waals surface area (Å²) in [6.45, 7) is 4.75. The van der Waals surface area contributed by atoms with E-state index in [9.17, 15) is 14.4 Å². The predicted octanol–water partition coefficient (Wildman–Crippen LogP) is 0.291. The number of nitrogens with zero attached hydrogens (tertiary/aromatic N) is 4. The molecule has 1 fully saturated rings. The number of nitrogens with one attached hydrogen (secondary N) is 1. The molecule has 3 rings (SSSR count). The van der Waals surface area contributed by atoms with Crippen LogP contribution in [0, 0.1) is 5.92 Å². The number of carbonyl (C=O) groups is 3. The zero-order valence-corrected chi connectivity index (χ0v) is 15.8. The zero-order chi connectivity index (χ0) is 19.6. The Morgan fingerprint density at radius 3 is 2.37 bits per heavy atom. The molecule has 0 aliphatic carbocycles. The lowest BCUT2D eigenvalue weighted by Gasteiger charge is -2.20. The molecule has 8 nitrogen and oxygen atoms in total. The van der Waals surface area contributed by atoms with Gasteiger partial charge in [-0.25, -0.2) is 14.4 Å². The highest BCUT2D eigenvalue weighted by molar-refractivity contribution is 6.44. The van der Waals surface area contributed by atoms with Gasteiger partial charge in [0.25, 0.3) is 0 Å². The molecule has 4 amide bonds. The second kappa shape index (κ2) is 7.71. The highest BCUT2D eigenvalue weighted by Gasteiger charge is 2.45. The van der Waals surface area contributed by atoms with E-state index in [1.165, 1.54) is 0 Å². The molecule has 1 atom stereocenters. The number of hydrogen-bond donors (Lipinski definition) is 1. The van der Waals surface area contributed by atoms with Gasteiger partial charge in [0.1, 0.15) is 6.54 Å². The Bertz CT molecular complexity index is 846. The number of hydrogen-bond acceptors (Lipinski definition) is 4. The second-order valence-electron chi connectivity index (χ2n) is 7.25. The molecule has 1 aliphatic rings. The molecular weight excluding hydrogens is 346 g/mol. The third-order valence-corrected chi connectivity index (χ3v) is 4.27. The standard InChI is InChI=1S/C19H23N5O3/c1-14(2)10-22-17(25)18(26)23(19(22)27)13-21(3)11-15-9-20-24(12-15)16-7-5-4-6-8-16/h4-9,12,14H,10-11,13H2,1-3H3/p+1. The maximum Gasteiger partial charge on any atom is 0.338 e. The van der Waals surface area contributed by atoms with Gasteiger partial charge in [-0.15, -0.1) is 0 Å². The molecule has 0 saturated carbocycles. The molecule has 1 aromatic carbocycles. The number of carbonyl (C=O) groups excluding carboxylic acids is 3. The number of para-hydroxylation sites is 1. The summed E-state index contributed by atoms with van der Waals surface area (Å²) >= 11 is 0. The van der Waals surface area contributed by atoms with Gasteiger partial charge < -0.3 is 4.90 Å². The summed E-state index contributed by atoms with van der Waals surface area (Å²) in [4.78, 5) is 39.6. The molecule has 8 heteroatoms. The number of rotatable bonds is 7. The summed E-state index contributed by atoms with van der Waals surface area (Å²) in [5.74, 6) is -1.38. The van der Waals surface area contributed by atoms with Crippen LogP contribution >= 0.6 is 0 Å². The Balaban J connectivity index is 1.63. The predicted molar refractivity (Wildman–Crippen MR) is 97.8 cm³/mol. The molecule has 2 heterocycles. The molecule has 1 saturated heterocycles. The molecule has 1 aromatic heterocycles. The average molecular weight is 370 g/mol. The van der Waals surface area contributed by atoms with Crippen molar-refractivity contribution in [2.24, 2.45) is 5.92 Å². The molecule has 1 unspecified atom stereocenters. The third kappa shape index (κ3) is 4.06. The van der Waals surface area contributed by atoms with E-state index in [1.54, 1.807) is 10.9 Å². The molecule has 2 aromatic rings. The van der Waals surface area contributed by atoms with Crippen molar-refractivity contribution in [1.82, 2.24) is 19.6 Å². The van der Waals surface area contributed by atoms with Crippen LogP contribution in [-0.4, -0.2) is 57.7 Å². The fraction of sp³-hybridized carbons (Fsp3) is 0.368. The summed E-state index contributed by atoms with van der Waals surface area (Å²) in [5, 5.41) is 4.35. The molecule has 0 spiro atoms. The van der Waals surface area contributed by atoms with Gasteiger partial charge in [0.05, 0.1) is 18.9 Å². The summed E-state index contributed by atoms with van der Waals surface area (Å²) in [5.41, 5.74) is 1.93. The fourth-order valence-electron chi connectivity index (χ4n) is 3.06. The number of aromatic nitrogens is 2. The fourth-order valence-corrected chi connectivity index (χ4v) is 3.06. The van der Waals surface area contributed by atoms with Crippen molar-refractivity contribution in [3.8, 4) is 5.69 Å². The quantitative estimate of drug-likeness (QED) is 0.561. The van der Waals surface area contributed by atoms with Crippen LogP contribution in [-0.2, 0) is 16.1 Å². The maximum absolute atomic E-state index is 12.4. The number of imide groups is 2. The van der Waals surface area contributed by atoms with E-state index >= 15 is 0 Å². The van der Waals surface area contributed by atoms with Gasteiger partial charge in [-0.3, -0.25) is 14.5 Å². The Morgan fingerprint density at radius 1 is 1.04 bits per heavy atom. The number of quaternary nitrogens is 1. The minimum absolute atomic E-state index is 0.111. The monoisotopic (exact) mass is 370 g/mol. The zero-order valence-electron chi connectivity index (χ0n) is 15.8. The lowest BCUT2D eigenvalue weighted by atomic mass is 10.2. The van der Waals surface area contributed by atoms with Gasteiger partial charge >= 0.3 is 17.8 Å². The normalized spacial score (nSPS) is 15.9. The smallest absolute Gasteiger partial charge is 0.316 e. The molecule has 0 bridgehead atoms. The van der Waals surface area contributed by atoms with Crippen LogP contribution in [0.25, 0.3) is 5.69 Å². The largest absolute Gasteiger partial charge is 0.338 e. The first-order valence-corrected chi connectivity index (χ1v) is 8.94. The Labute approximate surface area is 158 Å². The average Bonchev–Trinajstić information content (AvgIpc) is 3.17. The first kappa shape index (κ1) is 18.8. The van der Waals surface area contributed by atoms with Crippen LogP contribution in [0.15, 0.2) is 42.7 Å². The van der Waals surface area contributed by atoms with Gasteiger partial charge in [-0.2, -0.15) is 5.10 Å². The molecule has 1 N–H and O–H groups in total. The summed E-state index contributed by atoms with van der Waals surface area (Å²) in [7, 11) is 1.87. The minimum Gasteiger partial charge on any atom is -0.316 e. The second-order valence-corrected chi connectivity index (χ2v) is 7.25. The van der Waals surface area contributed by atoms with Crippen molar-refractivity contribution >= 4 is 17.8 Å². The van der Waals surface area contributed by atoms with Crippen LogP contribution < -0.4 is 4.90 Å². The first-order valence-electron chi connectivity index (χ1n) is 8.94. The lowest BCUT2D eigenvalue weighted by molar-refractivity contribution is -0.901. The Hall–Kier alpha value is -3.00. The van der Waals surface area contributed by atoms with Crippen LogP contribution in [0.1, 0.15) is 19.4 Å². The van der Waals surface area contributed by atoms with E-state index in [1.807, 2.05) is 57.4 Å². The van der Waals surface area contributed by atoms with Gasteiger partial charge in [-0.05, 0) is 18.1 Å². The van der Waals surface area contributed by atoms with Crippen LogP contribution in [0.4, 0.5) is 4.79 Å². The third-order valence-electron chi connectivity index (χ3n) is 4.27. The van der Waals surface area contributed by atoms with Crippen LogP contribution in [0.2, 0.25) is 0 Å². The van der Waals surface area contributed by atoms with E-state index in [0.29, 0.717) is 6.54 Å². The van der Waals surface area contributed by atoms with Crippen molar-refractivity contribution in [3.05, 3.63) is 48.3 Å². The molecule has 142 valence electrons. The summed E-state index contributed by atoms with van der Waals surface area (Å²) < 4.78 is 1.78. The van der Waals surface area contributed by atoms with Gasteiger partial charge in [-0.1, -0.05) is 32.0 Å². The SMILES string of the molecule is CC(C)CN1C(=O)C(=O)N(C[NH+](C)Cc2cnn(-c3ccccc3)c2)C1=O. The Morgan fingerprint density at radius 2 is 1.70 bits per heavy atom. The topological polar surface area (TPSA) is 80.0 Å². The van der Waals surface area contributed by atoms with Crippen molar-refractivity contribution in [1.29, 1.82) is 0 Å². The highest BCUT2D eigenvalue weighted by Crippen LogP contribution is 2.13. The van der Waals surface area contributed by atoms with Crippen molar-refractivity contribution in [3.63, 3.8) is 0 Å². The van der Waals surface area contributed by atoms with Gasteiger partial charge in [0, 0.05) is 18.3 Å². The van der Waals surface area contributed by atoms with E-state index in [-0.39, 0.29) is 19.1 Å². The number of amides is 4. The summed E-state index contributed by atoms with van der Waals surface area (Å²) in [6.07, 6.45) is 3.68. The first-order chi connectivity index (χ1) is 12.9. The number of urea groups is 1. The van der Waals surface area contributed by atoms with Gasteiger partial charge in [0.2, 0.25) is 0 Å². The minimum atomic E-state index is -0.750. The molecular formula is C19H24N5O3+. The molecule has 27 heavy (non-hydrogen) atoms. The van der Waals surface area contributed by atoms with Crippen molar-refractivity contribution in [2.75, 3.05) is 20.3 Å². The Kier molecular flexibility index (Phi) is 5.36. The van der Waals surface area contributed by atoms with Crippen LogP contribution in [0.3, 0.4) is 0 Å². The lowest BCUT2D eigenvalue weighted by Crippen LogP contribution is -3.09. The van der Waals surface area contributed by atoms with Crippen molar-refractivity contribution < 1.29 is 19.3 Å². The van der Waals surface area contributed by atoms with E-state index in [2.05, 4.69) is 5.10 Å². The number of benzene rings is 1. The van der Waals surface area contributed by atoms with Crippen molar-refractivity contribution in [2.45, 2.75) is 20.4 Å². The van der Waals surface area contributed by atoms with Gasteiger partial charge in [0.15, 0.2) is 6.67 Å². The van der Waals surface area contributed by atoms with Crippen LogP contribution in [0.5, 0.6) is 0 Å². The van der Waals surface area contributed by atoms with E-state index < -0.39 is 17.8 Å². The van der Waals surface area contributed by atoms with E-state index in [4.69, 9.17) is 0 Å². The molecule has 1 aliphatic heterocycles. The highest BCUT2D eigenvalue weighted by atomic mass is 16.2.